The molecule has 0 spiro atoms. The summed E-state index contributed by atoms with van der Waals surface area (Å²) >= 11 is 3.09. The SMILES string of the molecule is N[C@@H]1CCN(Cc2ccc(OC(F)(F)F)c(Br)c2)C1. The predicted molar refractivity (Wildman–Crippen MR) is 68.7 cm³/mol. The van der Waals surface area contributed by atoms with E-state index in [4.69, 9.17) is 5.73 Å². The third kappa shape index (κ3) is 4.36. The second-order valence-corrected chi connectivity index (χ2v) is 5.45. The third-order valence-corrected chi connectivity index (χ3v) is 3.56. The molecular weight excluding hydrogens is 325 g/mol. The van der Waals surface area contributed by atoms with Crippen LogP contribution in [0, 0.1) is 0 Å². The normalized spacial score (nSPS) is 20.8. The summed E-state index contributed by atoms with van der Waals surface area (Å²) < 4.78 is 40.6. The Kier molecular flexibility index (Phi) is 4.37. The number of hydrogen-bond donors (Lipinski definition) is 1. The molecule has 2 rings (SSSR count). The largest absolute Gasteiger partial charge is 0.573 e. The molecule has 1 aromatic rings. The minimum atomic E-state index is -4.67. The summed E-state index contributed by atoms with van der Waals surface area (Å²) in [5, 5.41) is 0. The zero-order valence-corrected chi connectivity index (χ0v) is 11.7. The van der Waals surface area contributed by atoms with Crippen LogP contribution < -0.4 is 10.5 Å². The molecular formula is C12H14BrF3N2O. The number of likely N-dealkylation sites (tertiary alicyclic amines) is 1. The van der Waals surface area contributed by atoms with Crippen molar-refractivity contribution in [3.63, 3.8) is 0 Å². The highest BCUT2D eigenvalue weighted by Crippen LogP contribution is 2.31. The number of hydrogen-bond acceptors (Lipinski definition) is 3. The molecule has 0 saturated carbocycles. The molecule has 1 aromatic carbocycles. The topological polar surface area (TPSA) is 38.5 Å². The summed E-state index contributed by atoms with van der Waals surface area (Å²) in [4.78, 5) is 2.18. The van der Waals surface area contributed by atoms with Crippen LogP contribution in [0.3, 0.4) is 0 Å². The van der Waals surface area contributed by atoms with E-state index >= 15 is 0 Å². The van der Waals surface area contributed by atoms with Crippen molar-refractivity contribution in [2.24, 2.45) is 5.73 Å². The zero-order chi connectivity index (χ0) is 14.0. The van der Waals surface area contributed by atoms with E-state index in [0.717, 1.165) is 25.1 Å². The number of halogens is 4. The monoisotopic (exact) mass is 338 g/mol. The van der Waals surface area contributed by atoms with Gasteiger partial charge in [0.2, 0.25) is 0 Å². The summed E-state index contributed by atoms with van der Waals surface area (Å²) in [5.74, 6) is -0.227. The van der Waals surface area contributed by atoms with E-state index < -0.39 is 6.36 Å². The maximum absolute atomic E-state index is 12.1. The molecule has 0 radical (unpaired) electrons. The first-order chi connectivity index (χ1) is 8.83. The Labute approximate surface area is 117 Å². The van der Waals surface area contributed by atoms with Crippen molar-refractivity contribution in [1.82, 2.24) is 4.90 Å². The molecule has 1 atom stereocenters. The smallest absolute Gasteiger partial charge is 0.405 e. The quantitative estimate of drug-likeness (QED) is 0.920. The minimum absolute atomic E-state index is 0.191. The second kappa shape index (κ2) is 5.68. The third-order valence-electron chi connectivity index (χ3n) is 2.94. The van der Waals surface area contributed by atoms with Crippen molar-refractivity contribution >= 4 is 15.9 Å². The standard InChI is InChI=1S/C12H14BrF3N2O/c13-10-5-8(6-18-4-3-9(17)7-18)1-2-11(10)19-12(14,15)16/h1-2,5,9H,3-4,6-7,17H2/t9-/m1/s1. The van der Waals surface area contributed by atoms with E-state index in [1.807, 2.05) is 0 Å². The van der Waals surface area contributed by atoms with Crippen molar-refractivity contribution < 1.29 is 17.9 Å². The van der Waals surface area contributed by atoms with Gasteiger partial charge in [0.1, 0.15) is 5.75 Å². The molecule has 19 heavy (non-hydrogen) atoms. The van der Waals surface area contributed by atoms with E-state index in [9.17, 15) is 13.2 Å². The van der Waals surface area contributed by atoms with Gasteiger partial charge < -0.3 is 10.5 Å². The number of rotatable bonds is 3. The summed E-state index contributed by atoms with van der Waals surface area (Å²) in [6, 6.07) is 4.79. The summed E-state index contributed by atoms with van der Waals surface area (Å²) in [6.45, 7) is 2.41. The molecule has 1 saturated heterocycles. The van der Waals surface area contributed by atoms with Crippen molar-refractivity contribution in [1.29, 1.82) is 0 Å². The van der Waals surface area contributed by atoms with E-state index in [-0.39, 0.29) is 11.8 Å². The highest BCUT2D eigenvalue weighted by atomic mass is 79.9. The van der Waals surface area contributed by atoms with Crippen molar-refractivity contribution in [3.05, 3.63) is 28.2 Å². The van der Waals surface area contributed by atoms with Gasteiger partial charge in [0.25, 0.3) is 0 Å². The molecule has 106 valence electrons. The lowest BCUT2D eigenvalue weighted by atomic mass is 10.2. The van der Waals surface area contributed by atoms with Crippen LogP contribution in [0.15, 0.2) is 22.7 Å². The summed E-state index contributed by atoms with van der Waals surface area (Å²) in [5.41, 5.74) is 6.73. The van der Waals surface area contributed by atoms with Gasteiger partial charge in [-0.2, -0.15) is 0 Å². The highest BCUT2D eigenvalue weighted by molar-refractivity contribution is 9.10. The Morgan fingerprint density at radius 1 is 1.42 bits per heavy atom. The van der Waals surface area contributed by atoms with Crippen molar-refractivity contribution in [2.75, 3.05) is 13.1 Å². The first-order valence-electron chi connectivity index (χ1n) is 5.85. The van der Waals surface area contributed by atoms with E-state index in [1.54, 1.807) is 12.1 Å². The fourth-order valence-corrected chi connectivity index (χ4v) is 2.62. The molecule has 2 N–H and O–H groups in total. The maximum atomic E-state index is 12.1. The lowest BCUT2D eigenvalue weighted by Crippen LogP contribution is -2.26. The van der Waals surface area contributed by atoms with Crippen molar-refractivity contribution in [3.8, 4) is 5.75 Å². The molecule has 1 aliphatic rings. The lowest BCUT2D eigenvalue weighted by Gasteiger charge is -2.16. The van der Waals surface area contributed by atoms with Gasteiger partial charge in [-0.25, -0.2) is 0 Å². The van der Waals surface area contributed by atoms with Crippen LogP contribution in [0.5, 0.6) is 5.75 Å². The molecule has 1 heterocycles. The van der Waals surface area contributed by atoms with Crippen LogP contribution in [0.4, 0.5) is 13.2 Å². The van der Waals surface area contributed by atoms with Gasteiger partial charge in [-0.05, 0) is 40.0 Å². The second-order valence-electron chi connectivity index (χ2n) is 4.60. The number of nitrogens with zero attached hydrogens (tertiary/aromatic N) is 1. The Balaban J connectivity index is 2.02. The Bertz CT molecular complexity index is 453. The fraction of sp³-hybridized carbons (Fsp3) is 0.500. The van der Waals surface area contributed by atoms with Crippen molar-refractivity contribution in [2.45, 2.75) is 25.4 Å². The summed E-state index contributed by atoms with van der Waals surface area (Å²) in [6.07, 6.45) is -3.72. The molecule has 3 nitrogen and oxygen atoms in total. The highest BCUT2D eigenvalue weighted by Gasteiger charge is 2.32. The maximum Gasteiger partial charge on any atom is 0.573 e. The molecule has 1 aliphatic heterocycles. The Morgan fingerprint density at radius 3 is 2.68 bits per heavy atom. The number of nitrogens with two attached hydrogens (primary N) is 1. The average Bonchev–Trinajstić information content (AvgIpc) is 2.66. The van der Waals surface area contributed by atoms with Gasteiger partial charge in [-0.3, -0.25) is 4.90 Å². The Hall–Kier alpha value is -0.790. The van der Waals surface area contributed by atoms with Gasteiger partial charge in [0.05, 0.1) is 4.47 Å². The Morgan fingerprint density at radius 2 is 2.16 bits per heavy atom. The van der Waals surface area contributed by atoms with E-state index in [1.165, 1.54) is 6.07 Å². The van der Waals surface area contributed by atoms with Crippen LogP contribution in [0.2, 0.25) is 0 Å². The molecule has 1 fully saturated rings. The van der Waals surface area contributed by atoms with Crippen LogP contribution >= 0.6 is 15.9 Å². The lowest BCUT2D eigenvalue weighted by molar-refractivity contribution is -0.274. The zero-order valence-electron chi connectivity index (χ0n) is 10.1. The average molecular weight is 339 g/mol. The fourth-order valence-electron chi connectivity index (χ4n) is 2.11. The van der Waals surface area contributed by atoms with Crippen LogP contribution in [0.1, 0.15) is 12.0 Å². The van der Waals surface area contributed by atoms with Gasteiger partial charge in [0.15, 0.2) is 0 Å². The molecule has 0 amide bonds. The summed E-state index contributed by atoms with van der Waals surface area (Å²) in [7, 11) is 0. The molecule has 0 aromatic heterocycles. The van der Waals surface area contributed by atoms with E-state index in [0.29, 0.717) is 11.0 Å². The van der Waals surface area contributed by atoms with Gasteiger partial charge in [0, 0.05) is 25.7 Å². The first kappa shape index (κ1) is 14.6. The molecule has 7 heteroatoms. The van der Waals surface area contributed by atoms with Gasteiger partial charge in [-0.1, -0.05) is 6.07 Å². The van der Waals surface area contributed by atoms with Crippen LogP contribution in [-0.4, -0.2) is 30.4 Å². The van der Waals surface area contributed by atoms with Gasteiger partial charge >= 0.3 is 6.36 Å². The molecule has 0 bridgehead atoms. The first-order valence-corrected chi connectivity index (χ1v) is 6.65. The van der Waals surface area contributed by atoms with Crippen LogP contribution in [-0.2, 0) is 6.54 Å². The predicted octanol–water partition coefficient (Wildman–Crippen LogP) is 2.88. The van der Waals surface area contributed by atoms with Gasteiger partial charge in [-0.15, -0.1) is 13.2 Å². The number of alkyl halides is 3. The van der Waals surface area contributed by atoms with Crippen LogP contribution in [0.25, 0.3) is 0 Å². The number of ether oxygens (including phenoxy) is 1. The minimum Gasteiger partial charge on any atom is -0.405 e. The van der Waals surface area contributed by atoms with E-state index in [2.05, 4.69) is 25.6 Å². The number of benzene rings is 1. The molecule has 0 aliphatic carbocycles. The molecule has 0 unspecified atom stereocenters.